The molecule has 0 aromatic heterocycles. The quantitative estimate of drug-likeness (QED) is 0.249. The molecule has 0 radical (unpaired) electrons. The molecule has 0 aliphatic rings. The lowest BCUT2D eigenvalue weighted by molar-refractivity contribution is -0.278. The predicted octanol–water partition coefficient (Wildman–Crippen LogP) is 4.23. The number of halogens is 3. The van der Waals surface area contributed by atoms with Gasteiger partial charge in [-0.05, 0) is 18.1 Å². The number of methoxy groups -OCH3 is 2. The Kier molecular flexibility index (Phi) is 9.02. The molecule has 3 atom stereocenters. The number of hydrogen-bond acceptors (Lipinski definition) is 5. The van der Waals surface area contributed by atoms with E-state index in [-0.39, 0.29) is 6.79 Å². The van der Waals surface area contributed by atoms with Crippen molar-refractivity contribution >= 4 is 5.97 Å². The number of hydrogen-bond donors (Lipinski definition) is 0. The lowest BCUT2D eigenvalue weighted by Crippen LogP contribution is -2.53. The van der Waals surface area contributed by atoms with E-state index >= 15 is 0 Å². The molecule has 170 valence electrons. The molecule has 32 heavy (non-hydrogen) atoms. The maximum Gasteiger partial charge on any atom is 0.432 e. The lowest BCUT2D eigenvalue weighted by atomic mass is 9.92. The second kappa shape index (κ2) is 11.5. The molecule has 2 aromatic carbocycles. The molecule has 2 aromatic rings. The monoisotopic (exact) mass is 448 g/mol. The number of rotatable bonds is 9. The van der Waals surface area contributed by atoms with Gasteiger partial charge in [0, 0.05) is 25.3 Å². The Morgan fingerprint density at radius 3 is 2.16 bits per heavy atom. The van der Waals surface area contributed by atoms with Crippen molar-refractivity contribution in [3.8, 4) is 11.8 Å². The maximum absolute atomic E-state index is 14.2. The van der Waals surface area contributed by atoms with Crippen LogP contribution in [0.25, 0.3) is 0 Å². The molecule has 0 N–H and O–H groups in total. The van der Waals surface area contributed by atoms with Crippen molar-refractivity contribution in [1.29, 1.82) is 0 Å². The fourth-order valence-electron chi connectivity index (χ4n) is 2.87. The van der Waals surface area contributed by atoms with Gasteiger partial charge in [-0.15, -0.1) is 6.58 Å². The van der Waals surface area contributed by atoms with Gasteiger partial charge in [-0.1, -0.05) is 60.5 Å². The van der Waals surface area contributed by atoms with E-state index in [0.717, 1.165) is 19.2 Å². The Morgan fingerprint density at radius 2 is 1.66 bits per heavy atom. The minimum atomic E-state index is -5.12. The van der Waals surface area contributed by atoms with Gasteiger partial charge in [0.1, 0.15) is 12.9 Å². The summed E-state index contributed by atoms with van der Waals surface area (Å²) in [6.45, 7) is 3.38. The third kappa shape index (κ3) is 5.77. The molecule has 0 heterocycles. The molecule has 5 nitrogen and oxygen atoms in total. The molecule has 8 heteroatoms. The van der Waals surface area contributed by atoms with Crippen molar-refractivity contribution in [2.24, 2.45) is 0 Å². The first-order valence-electron chi connectivity index (χ1n) is 9.48. The Balaban J connectivity index is 2.48. The number of esters is 1. The molecule has 0 aliphatic carbocycles. The SMILES string of the molecule is C=C[C@@H](OCOC)[C@@H](C#Cc1ccccc1)OC(=O)C(OC)(c1ccccc1)C(F)(F)F. The van der Waals surface area contributed by atoms with Gasteiger partial charge in [0.05, 0.1) is 0 Å². The van der Waals surface area contributed by atoms with Crippen molar-refractivity contribution in [2.45, 2.75) is 24.0 Å². The fourth-order valence-corrected chi connectivity index (χ4v) is 2.87. The number of carbonyl (C=O) groups is 1. The Hall–Kier alpha value is -3.12. The molecule has 2 rings (SSSR count). The highest BCUT2D eigenvalue weighted by Gasteiger charge is 2.64. The van der Waals surface area contributed by atoms with Crippen molar-refractivity contribution in [1.82, 2.24) is 0 Å². The summed E-state index contributed by atoms with van der Waals surface area (Å²) < 4.78 is 62.7. The maximum atomic E-state index is 14.2. The van der Waals surface area contributed by atoms with Crippen LogP contribution in [0.1, 0.15) is 11.1 Å². The van der Waals surface area contributed by atoms with Gasteiger partial charge in [0.25, 0.3) is 5.60 Å². The molecule has 0 saturated heterocycles. The molecule has 0 aliphatic heterocycles. The van der Waals surface area contributed by atoms with Crippen LogP contribution in [0.2, 0.25) is 0 Å². The summed E-state index contributed by atoms with van der Waals surface area (Å²) in [5.74, 6) is 3.75. The van der Waals surface area contributed by atoms with Gasteiger partial charge in [0.2, 0.25) is 0 Å². The summed E-state index contributed by atoms with van der Waals surface area (Å²) >= 11 is 0. The lowest BCUT2D eigenvalue weighted by Gasteiger charge is -2.33. The summed E-state index contributed by atoms with van der Waals surface area (Å²) in [4.78, 5) is 13.0. The van der Waals surface area contributed by atoms with Crippen LogP contribution in [0.15, 0.2) is 73.3 Å². The van der Waals surface area contributed by atoms with Crippen LogP contribution in [0.5, 0.6) is 0 Å². The van der Waals surface area contributed by atoms with Crippen LogP contribution in [0, 0.1) is 11.8 Å². The van der Waals surface area contributed by atoms with Crippen molar-refractivity contribution in [2.75, 3.05) is 21.0 Å². The van der Waals surface area contributed by atoms with Crippen LogP contribution >= 0.6 is 0 Å². The fraction of sp³-hybridized carbons (Fsp3) is 0.292. The smallest absolute Gasteiger partial charge is 0.432 e. The van der Waals surface area contributed by atoms with E-state index in [1.807, 2.05) is 0 Å². The normalized spacial score (nSPS) is 14.9. The Labute approximate surface area is 184 Å². The minimum Gasteiger partial charge on any atom is -0.443 e. The van der Waals surface area contributed by atoms with E-state index in [2.05, 4.69) is 18.4 Å². The molecular formula is C24H23F3O5. The number of ether oxygens (including phenoxy) is 4. The highest BCUT2D eigenvalue weighted by Crippen LogP contribution is 2.43. The van der Waals surface area contributed by atoms with E-state index in [1.54, 1.807) is 30.3 Å². The van der Waals surface area contributed by atoms with Crippen LogP contribution < -0.4 is 0 Å². The average Bonchev–Trinajstić information content (AvgIpc) is 2.79. The molecule has 0 saturated carbocycles. The second-order valence-corrected chi connectivity index (χ2v) is 6.48. The van der Waals surface area contributed by atoms with Gasteiger partial charge < -0.3 is 18.9 Å². The summed E-state index contributed by atoms with van der Waals surface area (Å²) in [5, 5.41) is 0. The topological polar surface area (TPSA) is 54.0 Å². The van der Waals surface area contributed by atoms with Crippen LogP contribution in [0.4, 0.5) is 13.2 Å². The van der Waals surface area contributed by atoms with E-state index in [9.17, 15) is 18.0 Å². The molecule has 0 amide bonds. The van der Waals surface area contributed by atoms with Crippen LogP contribution in [-0.4, -0.2) is 45.4 Å². The van der Waals surface area contributed by atoms with E-state index in [4.69, 9.17) is 18.9 Å². The van der Waals surface area contributed by atoms with Crippen molar-refractivity contribution in [3.05, 3.63) is 84.4 Å². The van der Waals surface area contributed by atoms with Crippen LogP contribution in [0.3, 0.4) is 0 Å². The number of carbonyl (C=O) groups excluding carboxylic acids is 1. The number of benzene rings is 2. The van der Waals surface area contributed by atoms with E-state index < -0.39 is 35.5 Å². The first kappa shape index (κ1) is 25.1. The number of alkyl halides is 3. The first-order chi connectivity index (χ1) is 15.3. The molecule has 1 unspecified atom stereocenters. The van der Waals surface area contributed by atoms with Crippen LogP contribution in [-0.2, 0) is 29.3 Å². The van der Waals surface area contributed by atoms with Gasteiger partial charge >= 0.3 is 12.1 Å². The van der Waals surface area contributed by atoms with Crippen molar-refractivity contribution < 1.29 is 36.9 Å². The second-order valence-electron chi connectivity index (χ2n) is 6.48. The molecule has 0 bridgehead atoms. The zero-order valence-electron chi connectivity index (χ0n) is 17.6. The minimum absolute atomic E-state index is 0.217. The van der Waals surface area contributed by atoms with E-state index in [0.29, 0.717) is 5.56 Å². The van der Waals surface area contributed by atoms with Crippen molar-refractivity contribution in [3.63, 3.8) is 0 Å². The Bertz CT molecular complexity index is 935. The van der Waals surface area contributed by atoms with Gasteiger partial charge in [-0.2, -0.15) is 13.2 Å². The standard InChI is InChI=1S/C24H23F3O5/c1-4-20(31-17-29-2)21(16-15-18-11-7-5-8-12-18)32-22(28)23(30-3,24(25,26)27)19-13-9-6-10-14-19/h4-14,20-21H,1,17H2,2-3H3/t20-,21-,23?/m1/s1. The average molecular weight is 448 g/mol. The van der Waals surface area contributed by atoms with E-state index in [1.165, 1.54) is 31.4 Å². The summed E-state index contributed by atoms with van der Waals surface area (Å²) in [6, 6.07) is 15.2. The third-order valence-electron chi connectivity index (χ3n) is 4.45. The van der Waals surface area contributed by atoms with Gasteiger partial charge in [0.15, 0.2) is 6.10 Å². The summed E-state index contributed by atoms with van der Waals surface area (Å²) in [5.41, 5.74) is -3.21. The Morgan fingerprint density at radius 1 is 1.06 bits per heavy atom. The largest absolute Gasteiger partial charge is 0.443 e. The summed E-state index contributed by atoms with van der Waals surface area (Å²) in [6.07, 6.45) is -6.33. The predicted molar refractivity (Wildman–Crippen MR) is 111 cm³/mol. The zero-order chi connectivity index (χ0) is 23.6. The summed E-state index contributed by atoms with van der Waals surface area (Å²) in [7, 11) is 2.16. The molecular weight excluding hydrogens is 425 g/mol. The first-order valence-corrected chi connectivity index (χ1v) is 9.48. The third-order valence-corrected chi connectivity index (χ3v) is 4.45. The highest BCUT2D eigenvalue weighted by molar-refractivity contribution is 5.83. The molecule has 0 spiro atoms. The van der Waals surface area contributed by atoms with Gasteiger partial charge in [-0.3, -0.25) is 0 Å². The van der Waals surface area contributed by atoms with Gasteiger partial charge in [-0.25, -0.2) is 4.79 Å². The highest BCUT2D eigenvalue weighted by atomic mass is 19.4. The molecule has 0 fully saturated rings. The zero-order valence-corrected chi connectivity index (χ0v) is 17.6.